The Bertz CT molecular complexity index is 388. The molecule has 1 aliphatic rings. The molecular formula is C12H20N2OS. The van der Waals surface area contributed by atoms with Gasteiger partial charge in [0.15, 0.2) is 4.77 Å². The van der Waals surface area contributed by atoms with Crippen LogP contribution in [0.1, 0.15) is 50.8 Å². The monoisotopic (exact) mass is 240 g/mol. The first-order valence-corrected chi connectivity index (χ1v) is 6.56. The van der Waals surface area contributed by atoms with Gasteiger partial charge in [-0.3, -0.25) is 0 Å². The lowest BCUT2D eigenvalue weighted by molar-refractivity contribution is 0.236. The SMILES string of the molecule is CCC1CCC(n2c(CO)c[nH]c2=S)CC1. The van der Waals surface area contributed by atoms with Crippen LogP contribution in [-0.2, 0) is 6.61 Å². The van der Waals surface area contributed by atoms with Gasteiger partial charge in [-0.2, -0.15) is 0 Å². The zero-order valence-electron chi connectivity index (χ0n) is 9.78. The van der Waals surface area contributed by atoms with Gasteiger partial charge in [0.05, 0.1) is 12.3 Å². The van der Waals surface area contributed by atoms with E-state index in [0.717, 1.165) is 16.4 Å². The fourth-order valence-corrected chi connectivity index (χ4v) is 3.07. The number of rotatable bonds is 3. The summed E-state index contributed by atoms with van der Waals surface area (Å²) in [7, 11) is 0. The van der Waals surface area contributed by atoms with Crippen LogP contribution in [0.5, 0.6) is 0 Å². The minimum absolute atomic E-state index is 0.0703. The number of aromatic amines is 1. The maximum Gasteiger partial charge on any atom is 0.177 e. The molecule has 2 rings (SSSR count). The number of H-pyrrole nitrogens is 1. The van der Waals surface area contributed by atoms with Crippen LogP contribution >= 0.6 is 12.2 Å². The minimum atomic E-state index is 0.0703. The molecule has 3 nitrogen and oxygen atoms in total. The number of imidazole rings is 1. The fourth-order valence-electron chi connectivity index (χ4n) is 2.75. The van der Waals surface area contributed by atoms with Crippen molar-refractivity contribution >= 4 is 12.2 Å². The molecule has 2 N–H and O–H groups in total. The second-order valence-corrected chi connectivity index (χ2v) is 5.08. The van der Waals surface area contributed by atoms with Crippen molar-refractivity contribution in [1.82, 2.24) is 9.55 Å². The largest absolute Gasteiger partial charge is 0.390 e. The summed E-state index contributed by atoms with van der Waals surface area (Å²) in [4.78, 5) is 3.03. The molecule has 16 heavy (non-hydrogen) atoms. The van der Waals surface area contributed by atoms with E-state index in [2.05, 4.69) is 16.5 Å². The van der Waals surface area contributed by atoms with Crippen molar-refractivity contribution in [2.24, 2.45) is 5.92 Å². The topological polar surface area (TPSA) is 41.0 Å². The van der Waals surface area contributed by atoms with Crippen molar-refractivity contribution in [1.29, 1.82) is 0 Å². The maximum atomic E-state index is 9.27. The van der Waals surface area contributed by atoms with Gasteiger partial charge in [-0.05, 0) is 43.8 Å². The van der Waals surface area contributed by atoms with E-state index >= 15 is 0 Å². The van der Waals surface area contributed by atoms with E-state index in [1.54, 1.807) is 0 Å². The third kappa shape index (κ3) is 2.23. The smallest absolute Gasteiger partial charge is 0.177 e. The van der Waals surface area contributed by atoms with E-state index in [4.69, 9.17) is 12.2 Å². The molecule has 0 amide bonds. The van der Waals surface area contributed by atoms with Gasteiger partial charge in [0, 0.05) is 12.2 Å². The fraction of sp³-hybridized carbons (Fsp3) is 0.750. The Morgan fingerprint density at radius 1 is 1.44 bits per heavy atom. The van der Waals surface area contributed by atoms with Crippen molar-refractivity contribution in [2.75, 3.05) is 0 Å². The number of nitrogens with zero attached hydrogens (tertiary/aromatic N) is 1. The Morgan fingerprint density at radius 3 is 2.69 bits per heavy atom. The summed E-state index contributed by atoms with van der Waals surface area (Å²) in [5.74, 6) is 0.891. The van der Waals surface area contributed by atoms with Gasteiger partial charge in [-0.25, -0.2) is 0 Å². The number of aliphatic hydroxyl groups is 1. The molecule has 0 aromatic carbocycles. The molecule has 0 unspecified atom stereocenters. The number of nitrogens with one attached hydrogen (secondary N) is 1. The van der Waals surface area contributed by atoms with Crippen molar-refractivity contribution in [3.05, 3.63) is 16.7 Å². The van der Waals surface area contributed by atoms with E-state index in [1.807, 2.05) is 6.20 Å². The second-order valence-electron chi connectivity index (χ2n) is 4.70. The van der Waals surface area contributed by atoms with Crippen molar-refractivity contribution in [2.45, 2.75) is 51.7 Å². The summed E-state index contributed by atoms with van der Waals surface area (Å²) < 4.78 is 2.87. The van der Waals surface area contributed by atoms with E-state index in [1.165, 1.54) is 32.1 Å². The maximum absolute atomic E-state index is 9.27. The molecule has 1 aliphatic carbocycles. The predicted octanol–water partition coefficient (Wildman–Crippen LogP) is 3.18. The molecule has 0 spiro atoms. The summed E-state index contributed by atoms with van der Waals surface area (Å²) in [6, 6.07) is 0.490. The van der Waals surface area contributed by atoms with Gasteiger partial charge in [0.2, 0.25) is 0 Å². The highest BCUT2D eigenvalue weighted by molar-refractivity contribution is 7.71. The molecular weight excluding hydrogens is 220 g/mol. The quantitative estimate of drug-likeness (QED) is 0.797. The van der Waals surface area contributed by atoms with Gasteiger partial charge >= 0.3 is 0 Å². The lowest BCUT2D eigenvalue weighted by Gasteiger charge is -2.29. The average molecular weight is 240 g/mol. The first-order valence-electron chi connectivity index (χ1n) is 6.16. The Hall–Kier alpha value is -0.610. The molecule has 0 aliphatic heterocycles. The van der Waals surface area contributed by atoms with Crippen LogP contribution in [0.15, 0.2) is 6.20 Å². The van der Waals surface area contributed by atoms with Crippen molar-refractivity contribution in [3.8, 4) is 0 Å². The van der Waals surface area contributed by atoms with Crippen LogP contribution in [0.4, 0.5) is 0 Å². The van der Waals surface area contributed by atoms with Gasteiger partial charge < -0.3 is 14.7 Å². The highest BCUT2D eigenvalue weighted by Crippen LogP contribution is 2.34. The predicted molar refractivity (Wildman–Crippen MR) is 66.8 cm³/mol. The van der Waals surface area contributed by atoms with Crippen LogP contribution in [0.3, 0.4) is 0 Å². The molecule has 0 saturated heterocycles. The van der Waals surface area contributed by atoms with E-state index in [9.17, 15) is 5.11 Å². The van der Waals surface area contributed by atoms with Gasteiger partial charge in [0.1, 0.15) is 0 Å². The first kappa shape index (κ1) is 11.9. The van der Waals surface area contributed by atoms with Crippen LogP contribution in [-0.4, -0.2) is 14.7 Å². The van der Waals surface area contributed by atoms with Crippen LogP contribution in [0, 0.1) is 10.7 Å². The molecule has 0 atom stereocenters. The Morgan fingerprint density at radius 2 is 2.12 bits per heavy atom. The highest BCUT2D eigenvalue weighted by Gasteiger charge is 2.22. The molecule has 1 aromatic heterocycles. The molecule has 1 aromatic rings. The normalized spacial score (nSPS) is 25.9. The molecule has 0 bridgehead atoms. The van der Waals surface area contributed by atoms with Crippen molar-refractivity contribution < 1.29 is 5.11 Å². The first-order chi connectivity index (χ1) is 7.76. The molecule has 0 radical (unpaired) electrons. The van der Waals surface area contributed by atoms with Gasteiger partial charge in [-0.1, -0.05) is 13.3 Å². The van der Waals surface area contributed by atoms with Crippen LogP contribution in [0.25, 0.3) is 0 Å². The number of aromatic nitrogens is 2. The molecule has 4 heteroatoms. The highest BCUT2D eigenvalue weighted by atomic mass is 32.1. The van der Waals surface area contributed by atoms with E-state index < -0.39 is 0 Å². The van der Waals surface area contributed by atoms with Crippen LogP contribution < -0.4 is 0 Å². The van der Waals surface area contributed by atoms with Crippen LogP contribution in [0.2, 0.25) is 0 Å². The van der Waals surface area contributed by atoms with E-state index in [-0.39, 0.29) is 6.61 Å². The summed E-state index contributed by atoms with van der Waals surface area (Å²) >= 11 is 5.27. The Balaban J connectivity index is 2.13. The molecule has 1 saturated carbocycles. The number of hydrogen-bond donors (Lipinski definition) is 2. The summed E-state index contributed by atoms with van der Waals surface area (Å²) in [6.45, 7) is 2.34. The van der Waals surface area contributed by atoms with Gasteiger partial charge in [0.25, 0.3) is 0 Å². The Labute approximate surface area is 102 Å². The standard InChI is InChI=1S/C12H20N2OS/c1-2-9-3-5-10(6-4-9)14-11(8-15)7-13-12(14)16/h7,9-10,15H,2-6,8H2,1H3,(H,13,16). The van der Waals surface area contributed by atoms with Crippen molar-refractivity contribution in [3.63, 3.8) is 0 Å². The second kappa shape index (κ2) is 5.15. The molecule has 90 valence electrons. The van der Waals surface area contributed by atoms with Gasteiger partial charge in [-0.15, -0.1) is 0 Å². The van der Waals surface area contributed by atoms with E-state index in [0.29, 0.717) is 6.04 Å². The summed E-state index contributed by atoms with van der Waals surface area (Å²) in [5.41, 5.74) is 0.921. The number of hydrogen-bond acceptors (Lipinski definition) is 2. The number of aliphatic hydroxyl groups excluding tert-OH is 1. The lowest BCUT2D eigenvalue weighted by atomic mass is 9.84. The zero-order valence-corrected chi connectivity index (χ0v) is 10.6. The minimum Gasteiger partial charge on any atom is -0.390 e. The lowest BCUT2D eigenvalue weighted by Crippen LogP contribution is -2.19. The molecule has 1 fully saturated rings. The summed E-state index contributed by atoms with van der Waals surface area (Å²) in [5, 5.41) is 9.27. The molecule has 1 heterocycles. The third-order valence-electron chi connectivity index (χ3n) is 3.81. The average Bonchev–Trinajstić information content (AvgIpc) is 2.70. The zero-order chi connectivity index (χ0) is 11.5. The Kier molecular flexibility index (Phi) is 3.82. The third-order valence-corrected chi connectivity index (χ3v) is 4.13. The summed E-state index contributed by atoms with van der Waals surface area (Å²) in [6.07, 6.45) is 8.08.